The van der Waals surface area contributed by atoms with Crippen molar-refractivity contribution in [1.29, 1.82) is 0 Å². The average molecular weight is 410 g/mol. The Balaban J connectivity index is 1.37. The SMILES string of the molecule is COc1cccc(C(=O)N2CCCC(N3CCN(c4ccccc4OC)CC3)C2)c1. The van der Waals surface area contributed by atoms with Crippen LogP contribution >= 0.6 is 0 Å². The average Bonchev–Trinajstić information content (AvgIpc) is 2.83. The number of methoxy groups -OCH3 is 2. The summed E-state index contributed by atoms with van der Waals surface area (Å²) in [6.45, 7) is 5.58. The van der Waals surface area contributed by atoms with E-state index in [1.54, 1.807) is 14.2 Å². The maximum Gasteiger partial charge on any atom is 0.254 e. The molecule has 160 valence electrons. The maximum absolute atomic E-state index is 13.0. The smallest absolute Gasteiger partial charge is 0.254 e. The largest absolute Gasteiger partial charge is 0.497 e. The highest BCUT2D eigenvalue weighted by atomic mass is 16.5. The Bertz CT molecular complexity index is 864. The number of rotatable bonds is 5. The number of carbonyl (C=O) groups excluding carboxylic acids is 1. The fraction of sp³-hybridized carbons (Fsp3) is 0.458. The van der Waals surface area contributed by atoms with Crippen molar-refractivity contribution in [2.24, 2.45) is 0 Å². The summed E-state index contributed by atoms with van der Waals surface area (Å²) < 4.78 is 10.8. The number of hydrogen-bond acceptors (Lipinski definition) is 5. The van der Waals surface area contributed by atoms with Gasteiger partial charge in [0.05, 0.1) is 19.9 Å². The molecular formula is C24H31N3O3. The Morgan fingerprint density at radius 3 is 2.50 bits per heavy atom. The number of ether oxygens (including phenoxy) is 2. The molecule has 2 saturated heterocycles. The molecule has 6 heteroatoms. The van der Waals surface area contributed by atoms with Crippen LogP contribution in [-0.4, -0.2) is 75.2 Å². The van der Waals surface area contributed by atoms with E-state index in [9.17, 15) is 4.79 Å². The van der Waals surface area contributed by atoms with E-state index >= 15 is 0 Å². The molecule has 2 aliphatic heterocycles. The number of likely N-dealkylation sites (tertiary alicyclic amines) is 1. The Morgan fingerprint density at radius 2 is 1.73 bits per heavy atom. The van der Waals surface area contributed by atoms with Gasteiger partial charge in [0.15, 0.2) is 0 Å². The van der Waals surface area contributed by atoms with Gasteiger partial charge in [-0.05, 0) is 43.2 Å². The van der Waals surface area contributed by atoms with E-state index in [0.29, 0.717) is 11.6 Å². The molecule has 0 spiro atoms. The van der Waals surface area contributed by atoms with Gasteiger partial charge in [-0.15, -0.1) is 0 Å². The number of piperazine rings is 1. The maximum atomic E-state index is 13.0. The molecule has 1 atom stereocenters. The molecule has 1 amide bonds. The van der Waals surface area contributed by atoms with Crippen molar-refractivity contribution in [2.45, 2.75) is 18.9 Å². The second-order valence-corrected chi connectivity index (χ2v) is 7.97. The van der Waals surface area contributed by atoms with Crippen LogP contribution in [0.5, 0.6) is 11.5 Å². The van der Waals surface area contributed by atoms with Crippen LogP contribution in [0.2, 0.25) is 0 Å². The van der Waals surface area contributed by atoms with E-state index in [2.05, 4.69) is 21.9 Å². The first-order chi connectivity index (χ1) is 14.7. The lowest BCUT2D eigenvalue weighted by Gasteiger charge is -2.44. The number of carbonyl (C=O) groups is 1. The Labute approximate surface area is 179 Å². The van der Waals surface area contributed by atoms with Gasteiger partial charge in [0.2, 0.25) is 0 Å². The summed E-state index contributed by atoms with van der Waals surface area (Å²) in [6, 6.07) is 16.1. The van der Waals surface area contributed by atoms with Gasteiger partial charge in [-0.25, -0.2) is 0 Å². The van der Waals surface area contributed by atoms with Crippen molar-refractivity contribution >= 4 is 11.6 Å². The highest BCUT2D eigenvalue weighted by Gasteiger charge is 2.31. The van der Waals surface area contributed by atoms with Crippen LogP contribution in [0.25, 0.3) is 0 Å². The predicted molar refractivity (Wildman–Crippen MR) is 119 cm³/mol. The molecule has 0 aliphatic carbocycles. The monoisotopic (exact) mass is 409 g/mol. The fourth-order valence-corrected chi connectivity index (χ4v) is 4.59. The Hall–Kier alpha value is -2.73. The van der Waals surface area contributed by atoms with Crippen LogP contribution in [0.4, 0.5) is 5.69 Å². The summed E-state index contributed by atoms with van der Waals surface area (Å²) in [5.41, 5.74) is 1.87. The van der Waals surface area contributed by atoms with Crippen molar-refractivity contribution in [3.8, 4) is 11.5 Å². The Morgan fingerprint density at radius 1 is 0.933 bits per heavy atom. The van der Waals surface area contributed by atoms with Crippen molar-refractivity contribution in [2.75, 3.05) is 58.4 Å². The molecule has 0 N–H and O–H groups in total. The van der Waals surface area contributed by atoms with Crippen molar-refractivity contribution in [3.05, 3.63) is 54.1 Å². The molecule has 2 heterocycles. The third-order valence-electron chi connectivity index (χ3n) is 6.26. The number of benzene rings is 2. The molecule has 6 nitrogen and oxygen atoms in total. The molecular weight excluding hydrogens is 378 g/mol. The summed E-state index contributed by atoms with van der Waals surface area (Å²) in [7, 11) is 3.36. The van der Waals surface area contributed by atoms with E-state index < -0.39 is 0 Å². The first kappa shape index (κ1) is 20.5. The highest BCUT2D eigenvalue weighted by Crippen LogP contribution is 2.29. The number of anilines is 1. The first-order valence-corrected chi connectivity index (χ1v) is 10.7. The molecule has 2 aromatic rings. The van der Waals surface area contributed by atoms with Gasteiger partial charge in [-0.2, -0.15) is 0 Å². The van der Waals surface area contributed by atoms with Gasteiger partial charge in [0.1, 0.15) is 11.5 Å². The summed E-state index contributed by atoms with van der Waals surface area (Å²) in [5, 5.41) is 0. The van der Waals surface area contributed by atoms with Crippen LogP contribution in [0.1, 0.15) is 23.2 Å². The number of para-hydroxylation sites is 2. The van der Waals surface area contributed by atoms with E-state index in [-0.39, 0.29) is 5.91 Å². The highest BCUT2D eigenvalue weighted by molar-refractivity contribution is 5.94. The zero-order chi connectivity index (χ0) is 20.9. The summed E-state index contributed by atoms with van der Waals surface area (Å²) in [6.07, 6.45) is 2.20. The molecule has 0 saturated carbocycles. The first-order valence-electron chi connectivity index (χ1n) is 10.7. The lowest BCUT2D eigenvalue weighted by atomic mass is 10.0. The van der Waals surface area contributed by atoms with Crippen LogP contribution in [0, 0.1) is 0 Å². The van der Waals surface area contributed by atoms with Crippen molar-refractivity contribution < 1.29 is 14.3 Å². The van der Waals surface area contributed by atoms with E-state index in [0.717, 1.165) is 69.3 Å². The summed E-state index contributed by atoms with van der Waals surface area (Å²) in [4.78, 5) is 20.0. The molecule has 2 aromatic carbocycles. The van der Waals surface area contributed by atoms with Crippen LogP contribution in [0.15, 0.2) is 48.5 Å². The number of nitrogens with zero attached hydrogens (tertiary/aromatic N) is 3. The molecule has 0 aromatic heterocycles. The molecule has 0 bridgehead atoms. The molecule has 4 rings (SSSR count). The lowest BCUT2D eigenvalue weighted by Crippen LogP contribution is -2.55. The minimum absolute atomic E-state index is 0.103. The number of hydrogen-bond donors (Lipinski definition) is 0. The lowest BCUT2D eigenvalue weighted by molar-refractivity contribution is 0.0563. The second kappa shape index (κ2) is 9.39. The molecule has 30 heavy (non-hydrogen) atoms. The van der Waals surface area contributed by atoms with Crippen molar-refractivity contribution in [1.82, 2.24) is 9.80 Å². The van der Waals surface area contributed by atoms with Crippen molar-refractivity contribution in [3.63, 3.8) is 0 Å². The molecule has 2 fully saturated rings. The molecule has 2 aliphatic rings. The van der Waals surface area contributed by atoms with Gasteiger partial charge < -0.3 is 19.3 Å². The normalized spacial score (nSPS) is 20.1. The van der Waals surface area contributed by atoms with Gasteiger partial charge in [0.25, 0.3) is 5.91 Å². The standard InChI is InChI=1S/C24H31N3O3/c1-29-21-9-5-7-19(17-21)24(28)27-12-6-8-20(18-27)25-13-15-26(16-14-25)22-10-3-4-11-23(22)30-2/h3-5,7,9-11,17,20H,6,8,12-16,18H2,1-2H3. The number of piperidine rings is 1. The van der Waals surface area contributed by atoms with E-state index in [1.807, 2.05) is 41.3 Å². The minimum Gasteiger partial charge on any atom is -0.497 e. The van der Waals surface area contributed by atoms with E-state index in [4.69, 9.17) is 9.47 Å². The zero-order valence-electron chi connectivity index (χ0n) is 17.9. The topological polar surface area (TPSA) is 45.2 Å². The number of amides is 1. The predicted octanol–water partition coefficient (Wildman–Crippen LogP) is 3.13. The summed E-state index contributed by atoms with van der Waals surface area (Å²) in [5.74, 6) is 1.76. The third kappa shape index (κ3) is 4.38. The van der Waals surface area contributed by atoms with Crippen LogP contribution < -0.4 is 14.4 Å². The summed E-state index contributed by atoms with van der Waals surface area (Å²) >= 11 is 0. The van der Waals surface area contributed by atoms with Gasteiger partial charge in [0, 0.05) is 50.9 Å². The third-order valence-corrected chi connectivity index (χ3v) is 6.26. The van der Waals surface area contributed by atoms with Crippen LogP contribution in [0.3, 0.4) is 0 Å². The molecule has 0 radical (unpaired) electrons. The fourth-order valence-electron chi connectivity index (χ4n) is 4.59. The quantitative estimate of drug-likeness (QED) is 0.759. The van der Waals surface area contributed by atoms with Gasteiger partial charge in [-0.1, -0.05) is 18.2 Å². The van der Waals surface area contributed by atoms with Gasteiger partial charge in [-0.3, -0.25) is 9.69 Å². The minimum atomic E-state index is 0.103. The van der Waals surface area contributed by atoms with Crippen LogP contribution in [-0.2, 0) is 0 Å². The Kier molecular flexibility index (Phi) is 6.43. The van der Waals surface area contributed by atoms with Gasteiger partial charge >= 0.3 is 0 Å². The second-order valence-electron chi connectivity index (χ2n) is 7.97. The zero-order valence-corrected chi connectivity index (χ0v) is 17.9. The van der Waals surface area contributed by atoms with E-state index in [1.165, 1.54) is 0 Å². The molecule has 1 unspecified atom stereocenters.